The highest BCUT2D eigenvalue weighted by molar-refractivity contribution is 8.01. The highest BCUT2D eigenvalue weighted by Gasteiger charge is 2.54. The fourth-order valence-corrected chi connectivity index (χ4v) is 7.94. The van der Waals surface area contributed by atoms with E-state index >= 15 is 0 Å². The van der Waals surface area contributed by atoms with Gasteiger partial charge in [0.25, 0.3) is 16.0 Å². The molecule has 4 rings (SSSR count). The van der Waals surface area contributed by atoms with Crippen molar-refractivity contribution in [3.8, 4) is 0 Å². The number of nitrogens with one attached hydrogen (secondary N) is 1. The number of carboxylic acid groups (broad SMARTS) is 1. The molecule has 0 spiro atoms. The molecule has 3 N–H and O–H groups in total. The van der Waals surface area contributed by atoms with E-state index < -0.39 is 39.2 Å². The van der Waals surface area contributed by atoms with Gasteiger partial charge in [-0.05, 0) is 23.8 Å². The highest BCUT2D eigenvalue weighted by atomic mass is 35.5. The molecule has 2 amide bonds. The second kappa shape index (κ2) is 12.7. The van der Waals surface area contributed by atoms with Gasteiger partial charge in [0.2, 0.25) is 5.91 Å². The van der Waals surface area contributed by atoms with E-state index in [2.05, 4.69) is 5.32 Å². The number of hydrogen-bond acceptors (Lipinski definition) is 8. The van der Waals surface area contributed by atoms with Gasteiger partial charge < -0.3 is 10.4 Å². The van der Waals surface area contributed by atoms with Crippen molar-refractivity contribution < 1.29 is 37.0 Å². The maximum Gasteiger partial charge on any atom is 0.352 e. The number of aromatic nitrogens is 1. The van der Waals surface area contributed by atoms with Gasteiger partial charge in [-0.15, -0.1) is 35.3 Å². The van der Waals surface area contributed by atoms with Crippen LogP contribution in [-0.4, -0.2) is 75.2 Å². The Labute approximate surface area is 247 Å². The second-order valence-corrected chi connectivity index (χ2v) is 14.0. The Bertz CT molecular complexity index is 1440. The third-order valence-electron chi connectivity index (χ3n) is 5.70. The van der Waals surface area contributed by atoms with Gasteiger partial charge in [-0.3, -0.25) is 19.0 Å². The number of carbonyl (C=O) groups is 3. The topological polar surface area (TPSA) is 145 Å². The third kappa shape index (κ3) is 7.63. The summed E-state index contributed by atoms with van der Waals surface area (Å²) >= 11 is 16.1. The van der Waals surface area contributed by atoms with Crippen molar-refractivity contribution in [3.63, 3.8) is 0 Å². The predicted molar refractivity (Wildman–Crippen MR) is 151 cm³/mol. The standard InChI is InChI=1S/C23H21Cl2N3O7S4/c24-14-1-2-16(25)17(9-14)37-12-18(29)26-19-21(30)28-20(23(31)32)13(11-38-22(19)28)10-36-15-3-5-27(6-4-15)7-8-39(33,34)35/h1-6,9,19,22H,7-8,10-12H2,(H2-,26,29,31,32,33,34,35)/p+1/t19-,22-/m1/s1. The fraction of sp³-hybridized carbons (Fsp3) is 0.304. The summed E-state index contributed by atoms with van der Waals surface area (Å²) in [7, 11) is -4.06. The zero-order chi connectivity index (χ0) is 28.3. The van der Waals surface area contributed by atoms with Gasteiger partial charge in [-0.1, -0.05) is 23.2 Å². The number of nitrogens with zero attached hydrogens (tertiary/aromatic N) is 2. The maximum atomic E-state index is 12.9. The highest BCUT2D eigenvalue weighted by Crippen LogP contribution is 2.41. The number of carbonyl (C=O) groups excluding carboxylic acids is 2. The lowest BCUT2D eigenvalue weighted by Crippen LogP contribution is -2.70. The molecular weight excluding hydrogens is 629 g/mol. The van der Waals surface area contributed by atoms with E-state index in [0.29, 0.717) is 32.0 Å². The van der Waals surface area contributed by atoms with Crippen molar-refractivity contribution in [3.05, 3.63) is 64.0 Å². The van der Waals surface area contributed by atoms with E-state index in [1.54, 1.807) is 47.3 Å². The van der Waals surface area contributed by atoms with Crippen LogP contribution in [0, 0.1) is 0 Å². The largest absolute Gasteiger partial charge is 0.477 e. The molecule has 2 aliphatic heterocycles. The lowest BCUT2D eigenvalue weighted by atomic mass is 10.0. The fourth-order valence-electron chi connectivity index (χ4n) is 3.82. The average Bonchev–Trinajstić information content (AvgIpc) is 2.89. The van der Waals surface area contributed by atoms with Gasteiger partial charge in [-0.2, -0.15) is 8.42 Å². The van der Waals surface area contributed by atoms with Crippen molar-refractivity contribution in [1.82, 2.24) is 10.2 Å². The molecule has 1 aromatic heterocycles. The number of carboxylic acids is 1. The van der Waals surface area contributed by atoms with Gasteiger partial charge in [0.05, 0.1) is 10.8 Å². The van der Waals surface area contributed by atoms with Crippen LogP contribution in [0.5, 0.6) is 0 Å². The summed E-state index contributed by atoms with van der Waals surface area (Å²) in [6, 6.07) is 7.60. The molecule has 16 heteroatoms. The maximum absolute atomic E-state index is 12.9. The number of aryl methyl sites for hydroxylation is 1. The van der Waals surface area contributed by atoms with Crippen LogP contribution >= 0.6 is 58.5 Å². The van der Waals surface area contributed by atoms with Gasteiger partial charge in [0.15, 0.2) is 18.9 Å². The molecule has 208 valence electrons. The molecule has 0 aliphatic carbocycles. The monoisotopic (exact) mass is 650 g/mol. The Hall–Kier alpha value is -1.94. The summed E-state index contributed by atoms with van der Waals surface area (Å²) < 4.78 is 32.3. The first kappa shape index (κ1) is 30.0. The van der Waals surface area contributed by atoms with Crippen molar-refractivity contribution in [2.75, 3.05) is 23.0 Å². The molecule has 1 fully saturated rings. The minimum absolute atomic E-state index is 0.0115. The molecule has 3 heterocycles. The van der Waals surface area contributed by atoms with E-state index in [0.717, 1.165) is 4.90 Å². The Balaban J connectivity index is 1.35. The molecule has 2 aliphatic rings. The summed E-state index contributed by atoms with van der Waals surface area (Å²) in [6.07, 6.45) is 3.33. The van der Waals surface area contributed by atoms with Crippen LogP contribution in [0.15, 0.2) is 63.8 Å². The molecular formula is C23H22Cl2N3O7S4+. The summed E-state index contributed by atoms with van der Waals surface area (Å²) in [5, 5.41) is 13.0. The number of aliphatic carboxylic acids is 1. The number of thioether (sulfide) groups is 3. The zero-order valence-electron chi connectivity index (χ0n) is 20.0. The van der Waals surface area contributed by atoms with E-state index in [4.69, 9.17) is 27.8 Å². The molecule has 10 nitrogen and oxygen atoms in total. The predicted octanol–water partition coefficient (Wildman–Crippen LogP) is 2.79. The molecule has 1 aromatic carbocycles. The number of β-lactam (4-membered cyclic amide) rings is 1. The lowest BCUT2D eigenvalue weighted by molar-refractivity contribution is -0.692. The van der Waals surface area contributed by atoms with Crippen LogP contribution in [0.4, 0.5) is 0 Å². The first-order valence-corrected chi connectivity index (χ1v) is 16.7. The third-order valence-corrected chi connectivity index (χ3v) is 10.6. The molecule has 2 aromatic rings. The number of benzene rings is 1. The van der Waals surface area contributed by atoms with Crippen LogP contribution in [0.25, 0.3) is 0 Å². The zero-order valence-corrected chi connectivity index (χ0v) is 24.7. The quantitative estimate of drug-likeness (QED) is 0.144. The van der Waals surface area contributed by atoms with Crippen LogP contribution in [0.3, 0.4) is 0 Å². The SMILES string of the molecule is O=C(CSc1cc(Cl)ccc1Cl)N[C@@H]1C(=O)N2C(C(=O)O)=C(CSc3cc[n+](CCS(=O)(=O)O)cc3)CS[C@H]12. The molecule has 0 radical (unpaired) electrons. The van der Waals surface area contributed by atoms with Gasteiger partial charge >= 0.3 is 5.97 Å². The van der Waals surface area contributed by atoms with Crippen molar-refractivity contribution in [2.24, 2.45) is 0 Å². The van der Waals surface area contributed by atoms with Crippen molar-refractivity contribution in [1.29, 1.82) is 0 Å². The second-order valence-electron chi connectivity index (χ2n) is 8.42. The first-order valence-electron chi connectivity index (χ1n) is 11.3. The normalized spacial score (nSPS) is 18.9. The Morgan fingerprint density at radius 2 is 1.90 bits per heavy atom. The number of halogens is 2. The summed E-state index contributed by atoms with van der Waals surface area (Å²) in [5.74, 6) is -1.76. The van der Waals surface area contributed by atoms with Crippen LogP contribution < -0.4 is 9.88 Å². The lowest BCUT2D eigenvalue weighted by Gasteiger charge is -2.49. The number of amides is 2. The van der Waals surface area contributed by atoms with E-state index in [1.165, 1.54) is 40.2 Å². The molecule has 0 unspecified atom stereocenters. The Morgan fingerprint density at radius 1 is 1.18 bits per heavy atom. The number of pyridine rings is 1. The van der Waals surface area contributed by atoms with E-state index in [1.807, 2.05) is 0 Å². The number of rotatable bonds is 11. The van der Waals surface area contributed by atoms with Crippen molar-refractivity contribution >= 4 is 86.4 Å². The van der Waals surface area contributed by atoms with Gasteiger partial charge in [0, 0.05) is 38.5 Å². The Morgan fingerprint density at radius 3 is 2.56 bits per heavy atom. The molecule has 1 saturated heterocycles. The molecule has 2 atom stereocenters. The molecule has 0 bridgehead atoms. The minimum atomic E-state index is -4.06. The van der Waals surface area contributed by atoms with Crippen LogP contribution in [0.1, 0.15) is 0 Å². The molecule has 0 saturated carbocycles. The van der Waals surface area contributed by atoms with E-state index in [9.17, 15) is 27.9 Å². The minimum Gasteiger partial charge on any atom is -0.477 e. The number of fused-ring (bicyclic) bond motifs is 1. The van der Waals surface area contributed by atoms with Gasteiger partial charge in [0.1, 0.15) is 22.9 Å². The summed E-state index contributed by atoms with van der Waals surface area (Å²) in [5.41, 5.74) is 0.516. The van der Waals surface area contributed by atoms with Crippen LogP contribution in [0.2, 0.25) is 10.0 Å². The smallest absolute Gasteiger partial charge is 0.352 e. The average molecular weight is 652 g/mol. The first-order chi connectivity index (χ1) is 18.4. The van der Waals surface area contributed by atoms with E-state index in [-0.39, 0.29) is 23.9 Å². The number of hydrogen-bond donors (Lipinski definition) is 3. The van der Waals surface area contributed by atoms with Crippen molar-refractivity contribution in [2.45, 2.75) is 27.8 Å². The Kier molecular flexibility index (Phi) is 9.78. The summed E-state index contributed by atoms with van der Waals surface area (Å²) in [4.78, 5) is 40.2. The van der Waals surface area contributed by atoms with Gasteiger partial charge in [-0.25, -0.2) is 9.36 Å². The van der Waals surface area contributed by atoms with Crippen LogP contribution in [-0.2, 0) is 31.0 Å². The molecule has 39 heavy (non-hydrogen) atoms. The summed E-state index contributed by atoms with van der Waals surface area (Å²) in [6.45, 7) is 0.0952.